The molecule has 5 rings (SSSR count). The van der Waals surface area contributed by atoms with Gasteiger partial charge in [0.15, 0.2) is 0 Å². The smallest absolute Gasteiger partial charge is 0.306 e. The molecule has 2 aromatic carbocycles. The molecule has 3 heterocycles. The van der Waals surface area contributed by atoms with E-state index in [1.807, 2.05) is 25.9 Å². The van der Waals surface area contributed by atoms with Crippen molar-refractivity contribution in [3.8, 4) is 0 Å². The van der Waals surface area contributed by atoms with Crippen LogP contribution in [-0.4, -0.2) is 133 Å². The van der Waals surface area contributed by atoms with Crippen LogP contribution in [-0.2, 0) is 31.5 Å². The van der Waals surface area contributed by atoms with Gasteiger partial charge in [-0.15, -0.1) is 0 Å². The van der Waals surface area contributed by atoms with E-state index < -0.39 is 85.3 Å². The zero-order valence-electron chi connectivity index (χ0n) is 23.7. The number of hydrogen-bond acceptors (Lipinski definition) is 15. The molecule has 3 aliphatic heterocycles. The predicted octanol–water partition coefficient (Wildman–Crippen LogP) is -7.00. The Morgan fingerprint density at radius 1 is 0.933 bits per heavy atom. The van der Waals surface area contributed by atoms with Gasteiger partial charge in [-0.3, -0.25) is 19.7 Å². The van der Waals surface area contributed by atoms with Gasteiger partial charge in [0.05, 0.1) is 29.9 Å². The first kappa shape index (κ1) is 32.9. The average molecular weight is 634 g/mol. The number of benzene rings is 2. The minimum atomic E-state index is -4.67. The van der Waals surface area contributed by atoms with Gasteiger partial charge >= 0.3 is 5.79 Å². The van der Waals surface area contributed by atoms with Crippen molar-refractivity contribution in [2.24, 2.45) is 0 Å². The molecular formula is C25H29B2FN4O13. The number of fused-ring (bicyclic) bond motifs is 1. The summed E-state index contributed by atoms with van der Waals surface area (Å²) in [5, 5.41) is 98.4. The first-order chi connectivity index (χ1) is 20.6. The molecular weight excluding hydrogens is 605 g/mol. The maximum atomic E-state index is 15.5. The quantitative estimate of drug-likeness (QED) is 0.0801. The number of nitrogens with one attached hydrogen (secondary N) is 2. The Bertz CT molecular complexity index is 1600. The summed E-state index contributed by atoms with van der Waals surface area (Å²) in [7, 11) is 3.69. The predicted molar refractivity (Wildman–Crippen MR) is 148 cm³/mol. The van der Waals surface area contributed by atoms with Crippen LogP contribution >= 0.6 is 0 Å². The number of nitrogens with zero attached hydrogens (tertiary/aromatic N) is 2. The normalized spacial score (nSPS) is 24.8. The van der Waals surface area contributed by atoms with Gasteiger partial charge in [-0.1, -0.05) is 12.1 Å². The van der Waals surface area contributed by atoms with Gasteiger partial charge in [-0.2, -0.15) is 0 Å². The van der Waals surface area contributed by atoms with Crippen LogP contribution in [0.15, 0.2) is 36.4 Å². The third-order valence-corrected chi connectivity index (χ3v) is 8.46. The summed E-state index contributed by atoms with van der Waals surface area (Å²) in [6.07, 6.45) is 0. The van der Waals surface area contributed by atoms with Crippen LogP contribution in [0, 0.1) is 5.82 Å². The Morgan fingerprint density at radius 2 is 1.56 bits per heavy atom. The van der Waals surface area contributed by atoms with Crippen molar-refractivity contribution in [1.29, 1.82) is 0 Å². The molecule has 2 fully saturated rings. The summed E-state index contributed by atoms with van der Waals surface area (Å²) in [6.45, 7) is 2.08. The fraction of sp³-hybridized carbons (Fsp3) is 0.400. The number of aliphatic hydroxyl groups is 9. The van der Waals surface area contributed by atoms with E-state index in [-0.39, 0.29) is 0 Å². The second kappa shape index (κ2) is 10.2. The van der Waals surface area contributed by atoms with Crippen molar-refractivity contribution in [3.63, 3.8) is 0 Å². The minimum Gasteiger partial charge on any atom is -0.379 e. The van der Waals surface area contributed by atoms with Gasteiger partial charge in [0.25, 0.3) is 41.1 Å². The molecule has 20 heteroatoms. The van der Waals surface area contributed by atoms with Crippen LogP contribution in [0.2, 0.25) is 0 Å². The molecule has 0 bridgehead atoms. The lowest BCUT2D eigenvalue weighted by Gasteiger charge is -2.51. The van der Waals surface area contributed by atoms with Crippen molar-refractivity contribution in [1.82, 2.24) is 15.1 Å². The van der Waals surface area contributed by atoms with E-state index in [0.29, 0.717) is 31.9 Å². The Kier molecular flexibility index (Phi) is 7.47. The number of imide groups is 1. The molecule has 3 aliphatic rings. The second-order valence-electron chi connectivity index (χ2n) is 11.5. The highest BCUT2D eigenvalue weighted by atomic mass is 19.1. The van der Waals surface area contributed by atoms with Crippen LogP contribution < -0.4 is 10.6 Å². The molecule has 0 saturated carbocycles. The Labute approximate surface area is 254 Å². The van der Waals surface area contributed by atoms with Gasteiger partial charge in [-0.25, -0.2) is 9.29 Å². The van der Waals surface area contributed by atoms with Crippen molar-refractivity contribution < 1.29 is 69.5 Å². The van der Waals surface area contributed by atoms with Gasteiger partial charge in [0.1, 0.15) is 21.5 Å². The molecule has 2 aromatic rings. The van der Waals surface area contributed by atoms with E-state index in [0.717, 1.165) is 30.3 Å². The van der Waals surface area contributed by atoms with Crippen molar-refractivity contribution in [2.75, 3.05) is 31.6 Å². The maximum Gasteiger partial charge on any atom is 0.306 e. The lowest BCUT2D eigenvalue weighted by atomic mass is 9.56. The summed E-state index contributed by atoms with van der Waals surface area (Å²) in [6, 6.07) is 6.48. The first-order valence-electron chi connectivity index (χ1n) is 13.4. The summed E-state index contributed by atoms with van der Waals surface area (Å²) in [4.78, 5) is 39.2. The van der Waals surface area contributed by atoms with Crippen molar-refractivity contribution in [2.45, 2.75) is 34.5 Å². The Morgan fingerprint density at radius 3 is 2.16 bits per heavy atom. The molecule has 45 heavy (non-hydrogen) atoms. The van der Waals surface area contributed by atoms with Gasteiger partial charge in [0.2, 0.25) is 0 Å². The fourth-order valence-electron chi connectivity index (χ4n) is 5.78. The summed E-state index contributed by atoms with van der Waals surface area (Å²) >= 11 is 0. The van der Waals surface area contributed by atoms with Crippen molar-refractivity contribution >= 4 is 39.1 Å². The highest BCUT2D eigenvalue weighted by Crippen LogP contribution is 2.48. The zero-order valence-corrected chi connectivity index (χ0v) is 23.7. The molecule has 11 N–H and O–H groups in total. The number of rotatable bonds is 6. The summed E-state index contributed by atoms with van der Waals surface area (Å²) < 4.78 is 20.8. The number of piperidine rings is 1. The Hall–Kier alpha value is -3.53. The van der Waals surface area contributed by atoms with E-state index in [2.05, 4.69) is 0 Å². The highest BCUT2D eigenvalue weighted by Gasteiger charge is 2.79. The van der Waals surface area contributed by atoms with Crippen LogP contribution in [0.1, 0.15) is 27.0 Å². The molecule has 0 aromatic heterocycles. The highest BCUT2D eigenvalue weighted by molar-refractivity contribution is 6.39. The lowest BCUT2D eigenvalue weighted by Crippen LogP contribution is -2.87. The number of morpholine rings is 1. The first-order valence-corrected chi connectivity index (χ1v) is 13.4. The van der Waals surface area contributed by atoms with Crippen LogP contribution in [0.3, 0.4) is 0 Å². The van der Waals surface area contributed by atoms with E-state index in [9.17, 15) is 60.3 Å². The fourth-order valence-corrected chi connectivity index (χ4v) is 5.78. The molecule has 17 nitrogen and oxygen atoms in total. The van der Waals surface area contributed by atoms with Crippen LogP contribution in [0.25, 0.3) is 0 Å². The van der Waals surface area contributed by atoms with E-state index in [1.54, 1.807) is 0 Å². The summed E-state index contributed by atoms with van der Waals surface area (Å²) in [5.41, 5.74) is -7.17. The number of halogens is 1. The van der Waals surface area contributed by atoms with Gasteiger partial charge in [-0.05, 0) is 35.2 Å². The molecule has 1 unspecified atom stereocenters. The molecule has 0 aliphatic carbocycles. The third-order valence-electron chi connectivity index (χ3n) is 8.46. The standard InChI is InChI=1S/C25H29B2FN4O13/c26-22(27,31-6-8-45-9-7-31)11-4-5-13(14(28)10-11)23(39,40)30-15-3-1-2-12-16(15)24(41,42)32(17(12)33)20(36)18(34)29-19(35)21(37,38)25(20,43)44/h1-5,10,30,36-44H,6-9,26-27H2,(H,29,34,35). The molecule has 240 valence electrons. The molecule has 3 amide bonds. The van der Waals surface area contributed by atoms with E-state index >= 15 is 4.39 Å². The largest absolute Gasteiger partial charge is 0.379 e. The number of carbonyl (C=O) groups excluding carboxylic acids is 3. The number of hydrogen-bond donors (Lipinski definition) is 11. The number of ether oxygens (including phenoxy) is 1. The summed E-state index contributed by atoms with van der Waals surface area (Å²) in [5.74, 6) is -23.5. The van der Waals surface area contributed by atoms with Crippen molar-refractivity contribution in [3.05, 3.63) is 64.5 Å². The third kappa shape index (κ3) is 4.57. The number of amides is 3. The SMILES string of the molecule is BC(B)(c1ccc(C(O)(O)Nc2cccc3c2C(O)(O)N(C2(O)C(=O)NC(=O)C(O)(O)C2(O)O)C3=O)c(F)c1)N1CCOCC1. The molecule has 0 spiro atoms. The monoisotopic (exact) mass is 634 g/mol. The topological polar surface area (TPSA) is 273 Å². The van der Waals surface area contributed by atoms with E-state index in [4.69, 9.17) is 4.74 Å². The maximum absolute atomic E-state index is 15.5. The van der Waals surface area contributed by atoms with Gasteiger partial charge in [0, 0.05) is 18.8 Å². The minimum absolute atomic E-state index is 0.474. The molecule has 1 atom stereocenters. The zero-order chi connectivity index (χ0) is 33.5. The van der Waals surface area contributed by atoms with Crippen LogP contribution in [0.5, 0.6) is 0 Å². The number of carbonyl (C=O) groups is 3. The lowest BCUT2D eigenvalue weighted by molar-refractivity contribution is -0.433. The average Bonchev–Trinajstić information content (AvgIpc) is 3.17. The Balaban J connectivity index is 1.52. The second-order valence-corrected chi connectivity index (χ2v) is 11.5. The van der Waals surface area contributed by atoms with Gasteiger partial charge < -0.3 is 60.9 Å². The number of anilines is 1. The molecule has 0 radical (unpaired) electrons. The van der Waals surface area contributed by atoms with Crippen LogP contribution in [0.4, 0.5) is 10.1 Å². The molecule has 2 saturated heterocycles. The van der Waals surface area contributed by atoms with E-state index in [1.165, 1.54) is 11.4 Å².